The third kappa shape index (κ3) is 11.2. The molecule has 0 bridgehead atoms. The Labute approximate surface area is 137 Å². The summed E-state index contributed by atoms with van der Waals surface area (Å²) in [6.07, 6.45) is 15.7. The molecule has 1 atom stereocenters. The lowest BCUT2D eigenvalue weighted by atomic mass is 10.0. The maximum atomic E-state index is 11.7. The van der Waals surface area contributed by atoms with Crippen LogP contribution in [0.1, 0.15) is 96.8 Å². The van der Waals surface area contributed by atoms with Gasteiger partial charge in [0.25, 0.3) is 0 Å². The smallest absolute Gasteiger partial charge is 0.157 e. The zero-order valence-corrected chi connectivity index (χ0v) is 14.6. The molecule has 1 fully saturated rings. The Hall–Kier alpha value is -0.410. The molecule has 22 heavy (non-hydrogen) atoms. The van der Waals surface area contributed by atoms with Gasteiger partial charge in [-0.3, -0.25) is 4.79 Å². The molecular formula is C19H36O3. The van der Waals surface area contributed by atoms with Gasteiger partial charge in [-0.2, -0.15) is 0 Å². The van der Waals surface area contributed by atoms with Gasteiger partial charge in [0.05, 0.1) is 0 Å². The third-order valence-electron chi connectivity index (χ3n) is 4.35. The minimum absolute atomic E-state index is 0.0445. The molecule has 1 aliphatic heterocycles. The normalized spacial score (nSPS) is 18.5. The van der Waals surface area contributed by atoms with Crippen molar-refractivity contribution in [2.45, 2.75) is 103 Å². The van der Waals surface area contributed by atoms with Crippen LogP contribution in [0.2, 0.25) is 0 Å². The molecule has 0 aromatic carbocycles. The summed E-state index contributed by atoms with van der Waals surface area (Å²) in [6.45, 7) is 3.87. The summed E-state index contributed by atoms with van der Waals surface area (Å²) in [4.78, 5) is 11.7. The summed E-state index contributed by atoms with van der Waals surface area (Å²) in [7, 11) is 0. The molecule has 1 aliphatic rings. The molecule has 1 unspecified atom stereocenters. The van der Waals surface area contributed by atoms with E-state index in [0.29, 0.717) is 5.78 Å². The van der Waals surface area contributed by atoms with Gasteiger partial charge in [0.2, 0.25) is 0 Å². The Kier molecular flexibility index (Phi) is 12.7. The van der Waals surface area contributed by atoms with Crippen molar-refractivity contribution in [2.24, 2.45) is 0 Å². The maximum absolute atomic E-state index is 11.7. The fourth-order valence-electron chi connectivity index (χ4n) is 2.89. The molecule has 130 valence electrons. The van der Waals surface area contributed by atoms with Crippen LogP contribution in [0.25, 0.3) is 0 Å². The standard InChI is InChI=1S/C19H36O3/c1-2-3-4-5-8-13-18(20)14-9-6-7-11-16-21-19-15-10-12-17-22-19/h19H,2-17H2,1H3. The van der Waals surface area contributed by atoms with Gasteiger partial charge >= 0.3 is 0 Å². The number of Topliss-reactive ketones (excluding diaryl/α,β-unsaturated/α-hetero) is 1. The van der Waals surface area contributed by atoms with Gasteiger partial charge in [-0.05, 0) is 38.5 Å². The Morgan fingerprint density at radius 1 is 0.955 bits per heavy atom. The minimum atomic E-state index is 0.0445. The van der Waals surface area contributed by atoms with Crippen molar-refractivity contribution in [1.82, 2.24) is 0 Å². The van der Waals surface area contributed by atoms with Crippen molar-refractivity contribution in [3.05, 3.63) is 0 Å². The molecule has 0 aromatic heterocycles. The van der Waals surface area contributed by atoms with Crippen LogP contribution < -0.4 is 0 Å². The average Bonchev–Trinajstić information content (AvgIpc) is 2.55. The van der Waals surface area contributed by atoms with Crippen molar-refractivity contribution >= 4 is 5.78 Å². The van der Waals surface area contributed by atoms with Crippen LogP contribution in [0.5, 0.6) is 0 Å². The Bertz CT molecular complexity index is 259. The molecule has 0 aromatic rings. The van der Waals surface area contributed by atoms with Crippen LogP contribution in [-0.2, 0) is 14.3 Å². The number of ether oxygens (including phenoxy) is 2. The van der Waals surface area contributed by atoms with Crippen LogP contribution in [0.15, 0.2) is 0 Å². The largest absolute Gasteiger partial charge is 0.353 e. The molecule has 3 nitrogen and oxygen atoms in total. The fraction of sp³-hybridized carbons (Fsp3) is 0.947. The van der Waals surface area contributed by atoms with E-state index in [2.05, 4.69) is 6.92 Å². The molecule has 1 rings (SSSR count). The Morgan fingerprint density at radius 2 is 1.64 bits per heavy atom. The number of carbonyl (C=O) groups excluding carboxylic acids is 1. The van der Waals surface area contributed by atoms with E-state index in [1.807, 2.05) is 0 Å². The lowest BCUT2D eigenvalue weighted by molar-refractivity contribution is -0.162. The van der Waals surface area contributed by atoms with Crippen LogP contribution in [-0.4, -0.2) is 25.3 Å². The first-order valence-electron chi connectivity index (χ1n) is 9.58. The molecule has 0 saturated carbocycles. The van der Waals surface area contributed by atoms with Gasteiger partial charge in [0, 0.05) is 26.1 Å². The zero-order chi connectivity index (χ0) is 15.9. The highest BCUT2D eigenvalue weighted by Gasteiger charge is 2.13. The lowest BCUT2D eigenvalue weighted by Gasteiger charge is -2.22. The second-order valence-corrected chi connectivity index (χ2v) is 6.53. The van der Waals surface area contributed by atoms with Gasteiger partial charge in [0.1, 0.15) is 5.78 Å². The lowest BCUT2D eigenvalue weighted by Crippen LogP contribution is -2.22. The van der Waals surface area contributed by atoms with Gasteiger partial charge in [0.15, 0.2) is 6.29 Å². The second-order valence-electron chi connectivity index (χ2n) is 6.53. The van der Waals surface area contributed by atoms with Gasteiger partial charge in [-0.15, -0.1) is 0 Å². The molecule has 0 spiro atoms. The summed E-state index contributed by atoms with van der Waals surface area (Å²) in [6, 6.07) is 0. The predicted octanol–water partition coefficient (Wildman–Crippen LogP) is 5.41. The summed E-state index contributed by atoms with van der Waals surface area (Å²) >= 11 is 0. The maximum Gasteiger partial charge on any atom is 0.157 e. The topological polar surface area (TPSA) is 35.5 Å². The summed E-state index contributed by atoms with van der Waals surface area (Å²) in [5, 5.41) is 0. The number of ketones is 1. The van der Waals surface area contributed by atoms with Crippen molar-refractivity contribution in [1.29, 1.82) is 0 Å². The van der Waals surface area contributed by atoms with E-state index in [1.165, 1.54) is 38.5 Å². The number of hydrogen-bond acceptors (Lipinski definition) is 3. The molecule has 1 heterocycles. The number of carbonyl (C=O) groups is 1. The van der Waals surface area contributed by atoms with Crippen LogP contribution >= 0.6 is 0 Å². The van der Waals surface area contributed by atoms with E-state index in [9.17, 15) is 4.79 Å². The van der Waals surface area contributed by atoms with E-state index in [1.54, 1.807) is 0 Å². The van der Waals surface area contributed by atoms with Crippen molar-refractivity contribution in [2.75, 3.05) is 13.2 Å². The molecule has 0 amide bonds. The third-order valence-corrected chi connectivity index (χ3v) is 4.35. The van der Waals surface area contributed by atoms with Crippen LogP contribution in [0.3, 0.4) is 0 Å². The van der Waals surface area contributed by atoms with Crippen LogP contribution in [0, 0.1) is 0 Å². The van der Waals surface area contributed by atoms with E-state index in [4.69, 9.17) is 9.47 Å². The summed E-state index contributed by atoms with van der Waals surface area (Å²) in [5.74, 6) is 0.461. The average molecular weight is 312 g/mol. The highest BCUT2D eigenvalue weighted by molar-refractivity contribution is 5.78. The second kappa shape index (κ2) is 14.2. The van der Waals surface area contributed by atoms with Gasteiger partial charge in [-0.1, -0.05) is 45.4 Å². The fourth-order valence-corrected chi connectivity index (χ4v) is 2.89. The first kappa shape index (κ1) is 19.6. The predicted molar refractivity (Wildman–Crippen MR) is 91.0 cm³/mol. The molecule has 0 N–H and O–H groups in total. The molecule has 0 radical (unpaired) electrons. The first-order valence-corrected chi connectivity index (χ1v) is 9.58. The summed E-state index contributed by atoms with van der Waals surface area (Å²) < 4.78 is 11.2. The molecule has 1 saturated heterocycles. The van der Waals surface area contributed by atoms with E-state index < -0.39 is 0 Å². The highest BCUT2D eigenvalue weighted by atomic mass is 16.7. The quantitative estimate of drug-likeness (QED) is 0.402. The number of rotatable bonds is 14. The Morgan fingerprint density at radius 3 is 2.27 bits per heavy atom. The van der Waals surface area contributed by atoms with Crippen molar-refractivity contribution < 1.29 is 14.3 Å². The highest BCUT2D eigenvalue weighted by Crippen LogP contribution is 2.14. The zero-order valence-electron chi connectivity index (χ0n) is 14.6. The SMILES string of the molecule is CCCCCCCC(=O)CCCCCCOC1CCCCO1. The molecular weight excluding hydrogens is 276 g/mol. The van der Waals surface area contributed by atoms with Gasteiger partial charge < -0.3 is 9.47 Å². The first-order chi connectivity index (χ1) is 10.8. The minimum Gasteiger partial charge on any atom is -0.353 e. The number of hydrogen-bond donors (Lipinski definition) is 0. The van der Waals surface area contributed by atoms with E-state index >= 15 is 0 Å². The van der Waals surface area contributed by atoms with Gasteiger partial charge in [-0.25, -0.2) is 0 Å². The van der Waals surface area contributed by atoms with E-state index in [-0.39, 0.29) is 6.29 Å². The Balaban J connectivity index is 1.79. The van der Waals surface area contributed by atoms with Crippen LogP contribution in [0.4, 0.5) is 0 Å². The monoisotopic (exact) mass is 312 g/mol. The van der Waals surface area contributed by atoms with Crippen molar-refractivity contribution in [3.8, 4) is 0 Å². The summed E-state index contributed by atoms with van der Waals surface area (Å²) in [5.41, 5.74) is 0. The van der Waals surface area contributed by atoms with E-state index in [0.717, 1.165) is 64.6 Å². The van der Waals surface area contributed by atoms with Crippen molar-refractivity contribution in [3.63, 3.8) is 0 Å². The molecule has 0 aliphatic carbocycles. The molecule has 3 heteroatoms. The number of unbranched alkanes of at least 4 members (excludes halogenated alkanes) is 7.